The van der Waals surface area contributed by atoms with E-state index in [0.717, 1.165) is 19.3 Å². The molecule has 1 fully saturated rings. The molecule has 2 rings (SSSR count). The highest BCUT2D eigenvalue weighted by atomic mass is 16.2. The number of aryl methyl sites for hydroxylation is 1. The Morgan fingerprint density at radius 1 is 1.12 bits per heavy atom. The lowest BCUT2D eigenvalue weighted by atomic mass is 10.1. The summed E-state index contributed by atoms with van der Waals surface area (Å²) >= 11 is 0. The second-order valence-electron chi connectivity index (χ2n) is 6.31. The standard InChI is InChI=1S/C17H24N4O4/c1-10-15(12(3)22)11(2)18-16(10)17(25)20-19-13(23)9-21-8-6-4-5-7-14(21)24/h18H,4-9H2,1-3H3,(H,19,23)(H,20,25). The van der Waals surface area contributed by atoms with Gasteiger partial charge in [0.25, 0.3) is 11.8 Å². The van der Waals surface area contributed by atoms with E-state index in [-0.39, 0.29) is 23.9 Å². The number of hydrogen-bond acceptors (Lipinski definition) is 4. The minimum Gasteiger partial charge on any atom is -0.354 e. The molecule has 0 unspecified atom stereocenters. The molecule has 3 N–H and O–H groups in total. The molecular formula is C17H24N4O4. The second kappa shape index (κ2) is 7.96. The van der Waals surface area contributed by atoms with E-state index in [1.807, 2.05) is 0 Å². The normalized spacial score (nSPS) is 14.8. The van der Waals surface area contributed by atoms with Crippen LogP contribution < -0.4 is 10.9 Å². The van der Waals surface area contributed by atoms with E-state index in [1.165, 1.54) is 11.8 Å². The van der Waals surface area contributed by atoms with Gasteiger partial charge in [-0.3, -0.25) is 30.0 Å². The van der Waals surface area contributed by atoms with Crippen LogP contribution in [0.15, 0.2) is 0 Å². The van der Waals surface area contributed by atoms with E-state index >= 15 is 0 Å². The number of nitrogens with one attached hydrogen (secondary N) is 3. The smallest absolute Gasteiger partial charge is 0.286 e. The molecule has 25 heavy (non-hydrogen) atoms. The second-order valence-corrected chi connectivity index (χ2v) is 6.31. The fraction of sp³-hybridized carbons (Fsp3) is 0.529. The van der Waals surface area contributed by atoms with Crippen molar-refractivity contribution in [1.82, 2.24) is 20.7 Å². The number of Topliss-reactive ketones (excluding diaryl/α,β-unsaturated/α-hetero) is 1. The van der Waals surface area contributed by atoms with Gasteiger partial charge in [-0.2, -0.15) is 0 Å². The highest BCUT2D eigenvalue weighted by molar-refractivity contribution is 6.02. The van der Waals surface area contributed by atoms with Gasteiger partial charge in [0.2, 0.25) is 5.91 Å². The van der Waals surface area contributed by atoms with E-state index in [4.69, 9.17) is 0 Å². The maximum absolute atomic E-state index is 12.2. The summed E-state index contributed by atoms with van der Waals surface area (Å²) in [6, 6.07) is 0. The molecule has 0 bridgehead atoms. The van der Waals surface area contributed by atoms with Crippen LogP contribution in [0.3, 0.4) is 0 Å². The number of ketones is 1. The van der Waals surface area contributed by atoms with Gasteiger partial charge in [-0.25, -0.2) is 0 Å². The van der Waals surface area contributed by atoms with Crippen molar-refractivity contribution in [2.45, 2.75) is 46.5 Å². The number of hydrogen-bond donors (Lipinski definition) is 3. The first-order valence-corrected chi connectivity index (χ1v) is 8.38. The summed E-state index contributed by atoms with van der Waals surface area (Å²) < 4.78 is 0. The van der Waals surface area contributed by atoms with Crippen LogP contribution in [0.25, 0.3) is 0 Å². The third-order valence-electron chi connectivity index (χ3n) is 4.34. The topological polar surface area (TPSA) is 111 Å². The predicted octanol–water partition coefficient (Wildman–Crippen LogP) is 0.998. The van der Waals surface area contributed by atoms with Crippen LogP contribution >= 0.6 is 0 Å². The number of hydrazine groups is 1. The Kier molecular flexibility index (Phi) is 5.95. The number of aromatic nitrogens is 1. The summed E-state index contributed by atoms with van der Waals surface area (Å²) in [6.07, 6.45) is 3.15. The van der Waals surface area contributed by atoms with Crippen molar-refractivity contribution < 1.29 is 19.2 Å². The summed E-state index contributed by atoms with van der Waals surface area (Å²) in [5, 5.41) is 0. The molecule has 1 aliphatic rings. The summed E-state index contributed by atoms with van der Waals surface area (Å²) in [5.74, 6) is -1.17. The monoisotopic (exact) mass is 348 g/mol. The van der Waals surface area contributed by atoms with E-state index in [9.17, 15) is 19.2 Å². The van der Waals surface area contributed by atoms with Crippen LogP contribution in [0, 0.1) is 13.8 Å². The molecule has 0 spiro atoms. The lowest BCUT2D eigenvalue weighted by Gasteiger charge is -2.19. The zero-order valence-corrected chi connectivity index (χ0v) is 14.8. The Morgan fingerprint density at radius 2 is 1.84 bits per heavy atom. The SMILES string of the molecule is CC(=O)c1c(C)[nH]c(C(=O)NNC(=O)CN2CCCCCC2=O)c1C. The highest BCUT2D eigenvalue weighted by Gasteiger charge is 2.22. The first-order valence-electron chi connectivity index (χ1n) is 8.38. The maximum Gasteiger partial charge on any atom is 0.286 e. The first-order chi connectivity index (χ1) is 11.8. The number of H-pyrrole nitrogens is 1. The lowest BCUT2D eigenvalue weighted by Crippen LogP contribution is -2.47. The molecule has 0 radical (unpaired) electrons. The van der Waals surface area contributed by atoms with Gasteiger partial charge in [0.05, 0.1) is 0 Å². The summed E-state index contributed by atoms with van der Waals surface area (Å²) in [5.41, 5.74) is 6.50. The van der Waals surface area contributed by atoms with Crippen molar-refractivity contribution in [3.63, 3.8) is 0 Å². The number of likely N-dealkylation sites (tertiary alicyclic amines) is 1. The van der Waals surface area contributed by atoms with Gasteiger partial charge in [0.15, 0.2) is 5.78 Å². The molecule has 0 aliphatic carbocycles. The lowest BCUT2D eigenvalue weighted by molar-refractivity contribution is -0.135. The number of carbonyl (C=O) groups is 4. The molecule has 8 heteroatoms. The van der Waals surface area contributed by atoms with Crippen molar-refractivity contribution in [2.24, 2.45) is 0 Å². The Labute approximate surface area is 146 Å². The fourth-order valence-electron chi connectivity index (χ4n) is 3.11. The van der Waals surface area contributed by atoms with Crippen LogP contribution in [0.2, 0.25) is 0 Å². The molecule has 1 aliphatic heterocycles. The van der Waals surface area contributed by atoms with Gasteiger partial charge in [0, 0.05) is 24.2 Å². The molecule has 0 atom stereocenters. The molecule has 0 saturated carbocycles. The number of nitrogens with zero attached hydrogens (tertiary/aromatic N) is 1. The summed E-state index contributed by atoms with van der Waals surface area (Å²) in [6.45, 7) is 5.29. The van der Waals surface area contributed by atoms with Gasteiger partial charge in [-0.15, -0.1) is 0 Å². The van der Waals surface area contributed by atoms with Gasteiger partial charge in [-0.05, 0) is 39.2 Å². The zero-order valence-electron chi connectivity index (χ0n) is 14.8. The largest absolute Gasteiger partial charge is 0.354 e. The average molecular weight is 348 g/mol. The third kappa shape index (κ3) is 4.46. The fourth-order valence-corrected chi connectivity index (χ4v) is 3.11. The molecule has 0 aromatic carbocycles. The minimum atomic E-state index is -0.538. The third-order valence-corrected chi connectivity index (χ3v) is 4.34. The van der Waals surface area contributed by atoms with Gasteiger partial charge < -0.3 is 9.88 Å². The highest BCUT2D eigenvalue weighted by Crippen LogP contribution is 2.18. The van der Waals surface area contributed by atoms with Crippen molar-refractivity contribution in [1.29, 1.82) is 0 Å². The van der Waals surface area contributed by atoms with Crippen molar-refractivity contribution >= 4 is 23.5 Å². The Balaban J connectivity index is 1.93. The number of carbonyl (C=O) groups excluding carboxylic acids is 4. The van der Waals surface area contributed by atoms with E-state index < -0.39 is 11.8 Å². The number of aromatic amines is 1. The molecule has 1 aromatic heterocycles. The summed E-state index contributed by atoms with van der Waals surface area (Å²) in [7, 11) is 0. The average Bonchev–Trinajstić information content (AvgIpc) is 2.70. The molecule has 1 aromatic rings. The number of amides is 3. The Morgan fingerprint density at radius 3 is 2.48 bits per heavy atom. The van der Waals surface area contributed by atoms with Crippen LogP contribution in [0.1, 0.15) is 64.7 Å². The van der Waals surface area contributed by atoms with Crippen LogP contribution in [0.4, 0.5) is 0 Å². The van der Waals surface area contributed by atoms with E-state index in [1.54, 1.807) is 13.8 Å². The predicted molar refractivity (Wildman–Crippen MR) is 90.9 cm³/mol. The molecule has 136 valence electrons. The molecule has 2 heterocycles. The molecule has 8 nitrogen and oxygen atoms in total. The molecule has 3 amide bonds. The van der Waals surface area contributed by atoms with Crippen molar-refractivity contribution in [2.75, 3.05) is 13.1 Å². The van der Waals surface area contributed by atoms with E-state index in [2.05, 4.69) is 15.8 Å². The summed E-state index contributed by atoms with van der Waals surface area (Å²) in [4.78, 5) is 52.1. The van der Waals surface area contributed by atoms with Crippen LogP contribution in [-0.2, 0) is 9.59 Å². The minimum absolute atomic E-state index is 0.0408. The first kappa shape index (κ1) is 18.7. The van der Waals surface area contributed by atoms with Gasteiger partial charge in [-0.1, -0.05) is 6.42 Å². The van der Waals surface area contributed by atoms with Gasteiger partial charge >= 0.3 is 0 Å². The maximum atomic E-state index is 12.2. The number of rotatable bonds is 4. The van der Waals surface area contributed by atoms with Crippen LogP contribution in [0.5, 0.6) is 0 Å². The van der Waals surface area contributed by atoms with Crippen molar-refractivity contribution in [3.8, 4) is 0 Å². The van der Waals surface area contributed by atoms with Crippen LogP contribution in [-0.4, -0.2) is 46.5 Å². The Hall–Kier alpha value is -2.64. The van der Waals surface area contributed by atoms with E-state index in [0.29, 0.717) is 29.8 Å². The van der Waals surface area contributed by atoms with Gasteiger partial charge in [0.1, 0.15) is 12.2 Å². The molecular weight excluding hydrogens is 324 g/mol. The Bertz CT molecular complexity index is 708. The zero-order chi connectivity index (χ0) is 18.6. The quantitative estimate of drug-likeness (QED) is 0.557. The molecule has 1 saturated heterocycles. The van der Waals surface area contributed by atoms with Crippen molar-refractivity contribution in [3.05, 3.63) is 22.5 Å².